The molecule has 3 heterocycles. The number of fused-ring (bicyclic) bond motifs is 2. The third-order valence-corrected chi connectivity index (χ3v) is 7.16. The fourth-order valence-corrected chi connectivity index (χ4v) is 5.53. The fraction of sp³-hybridized carbons (Fsp3) is 0.417. The van der Waals surface area contributed by atoms with Crippen LogP contribution in [0, 0.1) is 0 Å². The monoisotopic (exact) mass is 473 g/mol. The number of thiocarbonyl (C=S) groups is 1. The van der Waals surface area contributed by atoms with Crippen molar-refractivity contribution in [2.75, 3.05) is 18.0 Å². The SMILES string of the molecule is NC(=S)N(c1ccc(C(F)(F)F)cc1)c1ccc2n[nH]c(C3CCN4CCCCC4C3)c2c1. The summed E-state index contributed by atoms with van der Waals surface area (Å²) in [6.07, 6.45) is 1.62. The summed E-state index contributed by atoms with van der Waals surface area (Å²) >= 11 is 5.26. The Hall–Kier alpha value is -2.65. The summed E-state index contributed by atoms with van der Waals surface area (Å²) in [4.78, 5) is 4.21. The van der Waals surface area contributed by atoms with Crippen molar-refractivity contribution in [3.63, 3.8) is 0 Å². The zero-order valence-corrected chi connectivity index (χ0v) is 18.9. The molecule has 33 heavy (non-hydrogen) atoms. The second kappa shape index (κ2) is 8.61. The van der Waals surface area contributed by atoms with E-state index in [4.69, 9.17) is 18.0 Å². The molecule has 0 bridgehead atoms. The van der Waals surface area contributed by atoms with Gasteiger partial charge in [-0.05, 0) is 93.5 Å². The number of hydrogen-bond donors (Lipinski definition) is 2. The summed E-state index contributed by atoms with van der Waals surface area (Å²) in [6.45, 7) is 2.29. The Balaban J connectivity index is 1.47. The molecule has 1 aromatic heterocycles. The van der Waals surface area contributed by atoms with Crippen molar-refractivity contribution in [1.82, 2.24) is 15.1 Å². The highest BCUT2D eigenvalue weighted by atomic mass is 32.1. The number of benzene rings is 2. The number of nitrogens with one attached hydrogen (secondary N) is 1. The minimum atomic E-state index is -4.40. The van der Waals surface area contributed by atoms with Gasteiger partial charge in [0.2, 0.25) is 0 Å². The van der Waals surface area contributed by atoms with Gasteiger partial charge < -0.3 is 10.6 Å². The van der Waals surface area contributed by atoms with Gasteiger partial charge in [-0.2, -0.15) is 18.3 Å². The van der Waals surface area contributed by atoms with Gasteiger partial charge in [-0.1, -0.05) is 6.42 Å². The molecular formula is C24H26F3N5S. The normalized spacial score (nSPS) is 21.7. The topological polar surface area (TPSA) is 61.2 Å². The molecule has 2 aliphatic heterocycles. The third kappa shape index (κ3) is 4.31. The van der Waals surface area contributed by atoms with Crippen molar-refractivity contribution < 1.29 is 13.2 Å². The quantitative estimate of drug-likeness (QED) is 0.478. The van der Waals surface area contributed by atoms with Crippen LogP contribution in [0.4, 0.5) is 24.5 Å². The maximum Gasteiger partial charge on any atom is 0.416 e. The van der Waals surface area contributed by atoms with Gasteiger partial charge in [-0.15, -0.1) is 0 Å². The molecule has 2 unspecified atom stereocenters. The number of alkyl halides is 3. The molecule has 0 aliphatic carbocycles. The highest BCUT2D eigenvalue weighted by Crippen LogP contribution is 2.39. The van der Waals surface area contributed by atoms with E-state index in [1.165, 1.54) is 37.9 Å². The summed E-state index contributed by atoms with van der Waals surface area (Å²) in [5, 5.41) is 8.84. The van der Waals surface area contributed by atoms with Crippen molar-refractivity contribution in [1.29, 1.82) is 0 Å². The molecule has 2 fully saturated rings. The van der Waals surface area contributed by atoms with E-state index in [-0.39, 0.29) is 5.11 Å². The Kier molecular flexibility index (Phi) is 5.78. The Morgan fingerprint density at radius 3 is 2.55 bits per heavy atom. The average Bonchev–Trinajstić information content (AvgIpc) is 3.22. The molecule has 2 saturated heterocycles. The minimum Gasteiger partial charge on any atom is -0.376 e. The molecule has 2 aromatic carbocycles. The van der Waals surface area contributed by atoms with Gasteiger partial charge in [-0.3, -0.25) is 10.00 Å². The second-order valence-electron chi connectivity index (χ2n) is 8.96. The number of nitrogens with zero attached hydrogens (tertiary/aromatic N) is 3. The third-order valence-electron chi connectivity index (χ3n) is 6.98. The number of rotatable bonds is 3. The molecule has 9 heteroatoms. The molecule has 2 atom stereocenters. The van der Waals surface area contributed by atoms with Crippen LogP contribution >= 0.6 is 12.2 Å². The van der Waals surface area contributed by atoms with Crippen molar-refractivity contribution in [3.05, 3.63) is 53.7 Å². The van der Waals surface area contributed by atoms with Crippen LogP contribution < -0.4 is 10.6 Å². The molecular weight excluding hydrogens is 447 g/mol. The van der Waals surface area contributed by atoms with E-state index < -0.39 is 11.7 Å². The number of halogens is 3. The lowest BCUT2D eigenvalue weighted by molar-refractivity contribution is -0.137. The van der Waals surface area contributed by atoms with Crippen LogP contribution in [0.25, 0.3) is 10.9 Å². The maximum atomic E-state index is 13.0. The largest absolute Gasteiger partial charge is 0.416 e. The summed E-state index contributed by atoms with van der Waals surface area (Å²) in [7, 11) is 0. The zero-order chi connectivity index (χ0) is 23.2. The van der Waals surface area contributed by atoms with Crippen LogP contribution in [0.3, 0.4) is 0 Å². The number of piperidine rings is 2. The van der Waals surface area contributed by atoms with Crippen LogP contribution in [0.2, 0.25) is 0 Å². The molecule has 2 aliphatic rings. The molecule has 174 valence electrons. The molecule has 3 N–H and O–H groups in total. The number of anilines is 2. The summed E-state index contributed by atoms with van der Waals surface area (Å²) in [5.74, 6) is 0.397. The number of hydrogen-bond acceptors (Lipinski definition) is 3. The standard InChI is InChI=1S/C24H26F3N5S/c25-24(26,27)16-4-6-17(7-5-16)32(23(28)33)19-8-9-21-20(14-19)22(30-29-21)15-10-12-31-11-2-1-3-18(31)13-15/h4-9,14-15,18H,1-3,10-13H2,(H2,28,33)(H,29,30). The number of aromatic amines is 1. The number of nitrogens with two attached hydrogens (primary N) is 1. The maximum absolute atomic E-state index is 13.0. The minimum absolute atomic E-state index is 0.0645. The lowest BCUT2D eigenvalue weighted by atomic mass is 9.83. The van der Waals surface area contributed by atoms with Crippen molar-refractivity contribution >= 4 is 39.6 Å². The second-order valence-corrected chi connectivity index (χ2v) is 9.38. The first kappa shape index (κ1) is 22.2. The molecule has 5 rings (SSSR count). The van der Waals surface area contributed by atoms with Gasteiger partial charge in [0.15, 0.2) is 5.11 Å². The van der Waals surface area contributed by atoms with Crippen LogP contribution in [0.15, 0.2) is 42.5 Å². The van der Waals surface area contributed by atoms with Crippen LogP contribution in [0.1, 0.15) is 49.3 Å². The fourth-order valence-electron chi connectivity index (χ4n) is 5.32. The van der Waals surface area contributed by atoms with Gasteiger partial charge in [0.25, 0.3) is 0 Å². The Morgan fingerprint density at radius 1 is 1.06 bits per heavy atom. The van der Waals surface area contributed by atoms with Gasteiger partial charge >= 0.3 is 6.18 Å². The molecule has 3 aromatic rings. The molecule has 0 amide bonds. The van der Waals surface area contributed by atoms with Crippen molar-refractivity contribution in [2.24, 2.45) is 5.73 Å². The predicted molar refractivity (Wildman–Crippen MR) is 128 cm³/mol. The van der Waals surface area contributed by atoms with E-state index in [0.29, 0.717) is 23.3 Å². The van der Waals surface area contributed by atoms with Crippen molar-refractivity contribution in [2.45, 2.75) is 50.2 Å². The van der Waals surface area contributed by atoms with E-state index in [2.05, 4.69) is 15.1 Å². The first-order valence-corrected chi connectivity index (χ1v) is 11.7. The first-order chi connectivity index (χ1) is 15.8. The van der Waals surface area contributed by atoms with Gasteiger partial charge in [0.1, 0.15) is 0 Å². The summed E-state index contributed by atoms with van der Waals surface area (Å²) < 4.78 is 39.0. The molecule has 0 spiro atoms. The van der Waals surface area contributed by atoms with E-state index >= 15 is 0 Å². The Labute approximate surface area is 195 Å². The van der Waals surface area contributed by atoms with Gasteiger partial charge in [0, 0.05) is 34.4 Å². The van der Waals surface area contributed by atoms with Crippen LogP contribution in [0.5, 0.6) is 0 Å². The predicted octanol–water partition coefficient (Wildman–Crippen LogP) is 5.70. The number of H-pyrrole nitrogens is 1. The van der Waals surface area contributed by atoms with Crippen LogP contribution in [-0.4, -0.2) is 39.3 Å². The molecule has 5 nitrogen and oxygen atoms in total. The smallest absolute Gasteiger partial charge is 0.376 e. The molecule has 0 saturated carbocycles. The highest BCUT2D eigenvalue weighted by Gasteiger charge is 2.33. The summed E-state index contributed by atoms with van der Waals surface area (Å²) in [5.41, 5.74) is 8.45. The van der Waals surface area contributed by atoms with Crippen molar-refractivity contribution in [3.8, 4) is 0 Å². The van der Waals surface area contributed by atoms with Gasteiger partial charge in [-0.25, -0.2) is 0 Å². The first-order valence-electron chi connectivity index (χ1n) is 11.3. The van der Waals surface area contributed by atoms with E-state index in [9.17, 15) is 13.2 Å². The van der Waals surface area contributed by atoms with E-state index in [1.54, 1.807) is 4.90 Å². The van der Waals surface area contributed by atoms with Gasteiger partial charge in [0.05, 0.1) is 11.1 Å². The number of aromatic nitrogens is 2. The highest BCUT2D eigenvalue weighted by molar-refractivity contribution is 7.80. The van der Waals surface area contributed by atoms with E-state index in [1.807, 2.05) is 18.2 Å². The summed E-state index contributed by atoms with van der Waals surface area (Å²) in [6, 6.07) is 11.2. The molecule has 0 radical (unpaired) electrons. The average molecular weight is 474 g/mol. The Morgan fingerprint density at radius 2 is 1.82 bits per heavy atom. The Bertz CT molecular complexity index is 1160. The lowest BCUT2D eigenvalue weighted by Crippen LogP contribution is -2.44. The van der Waals surface area contributed by atoms with E-state index in [0.717, 1.165) is 48.1 Å². The van der Waals surface area contributed by atoms with Crippen LogP contribution in [-0.2, 0) is 6.18 Å². The zero-order valence-electron chi connectivity index (χ0n) is 18.1. The lowest BCUT2D eigenvalue weighted by Gasteiger charge is -2.42.